The lowest BCUT2D eigenvalue weighted by atomic mass is 9.92. The van der Waals surface area contributed by atoms with Crippen molar-refractivity contribution in [1.82, 2.24) is 4.90 Å². The van der Waals surface area contributed by atoms with Crippen LogP contribution in [0.4, 0.5) is 0 Å². The molecule has 1 aliphatic heterocycles. The van der Waals surface area contributed by atoms with Gasteiger partial charge in [0.05, 0.1) is 9.83 Å². The summed E-state index contributed by atoms with van der Waals surface area (Å²) in [7, 11) is 0. The van der Waals surface area contributed by atoms with Crippen molar-refractivity contribution >= 4 is 43.2 Å². The molecule has 3 atom stereocenters. The van der Waals surface area contributed by atoms with Crippen LogP contribution in [0.2, 0.25) is 0 Å². The molecule has 1 aromatic rings. The average molecular weight is 396 g/mol. The van der Waals surface area contributed by atoms with Gasteiger partial charge in [-0.15, -0.1) is 11.3 Å². The van der Waals surface area contributed by atoms with Gasteiger partial charge in [-0.2, -0.15) is 0 Å². The average Bonchev–Trinajstić information content (AvgIpc) is 2.63. The smallest absolute Gasteiger partial charge is 0.0843 e. The summed E-state index contributed by atoms with van der Waals surface area (Å²) in [6.45, 7) is 6.54. The normalized spacial score (nSPS) is 27.4. The van der Waals surface area contributed by atoms with Crippen LogP contribution in [0, 0.1) is 5.92 Å². The van der Waals surface area contributed by atoms with Gasteiger partial charge in [0.15, 0.2) is 0 Å². The lowest BCUT2D eigenvalue weighted by molar-refractivity contribution is 0.0863. The fraction of sp³-hybridized carbons (Fsp3) is 0.692. The fourth-order valence-electron chi connectivity index (χ4n) is 2.83. The molecule has 5 heteroatoms. The molecule has 0 spiro atoms. The minimum atomic E-state index is 0.361. The van der Waals surface area contributed by atoms with E-state index in [0.717, 1.165) is 20.7 Å². The molecule has 1 fully saturated rings. The number of rotatable bonds is 3. The number of likely N-dealkylation sites (tertiary alicyclic amines) is 1. The largest absolute Gasteiger partial charge is 0.329 e. The van der Waals surface area contributed by atoms with Crippen molar-refractivity contribution in [2.24, 2.45) is 11.7 Å². The highest BCUT2D eigenvalue weighted by Gasteiger charge is 2.30. The van der Waals surface area contributed by atoms with Crippen molar-refractivity contribution < 1.29 is 0 Å². The second-order valence-corrected chi connectivity index (χ2v) is 8.49. The fourth-order valence-corrected chi connectivity index (χ4v) is 5.05. The van der Waals surface area contributed by atoms with Crippen molar-refractivity contribution in [1.29, 1.82) is 0 Å². The van der Waals surface area contributed by atoms with Crippen LogP contribution < -0.4 is 5.73 Å². The first-order valence-electron chi connectivity index (χ1n) is 6.43. The van der Waals surface area contributed by atoms with Gasteiger partial charge in [-0.3, -0.25) is 4.90 Å². The number of hydrogen-bond acceptors (Lipinski definition) is 3. The van der Waals surface area contributed by atoms with Crippen LogP contribution >= 0.6 is 43.2 Å². The standard InChI is InChI=1S/C13H20Br2N2S/c1-8-3-4-17(9(2)5-8)11(7-16)12-6-10(14)13(15)18-12/h6,8-9,11H,3-5,7,16H2,1-2H3. The molecular weight excluding hydrogens is 376 g/mol. The summed E-state index contributed by atoms with van der Waals surface area (Å²) < 4.78 is 2.30. The Balaban J connectivity index is 2.18. The van der Waals surface area contributed by atoms with Gasteiger partial charge in [-0.05, 0) is 70.2 Å². The highest BCUT2D eigenvalue weighted by Crippen LogP contribution is 2.39. The van der Waals surface area contributed by atoms with Crippen molar-refractivity contribution in [3.63, 3.8) is 0 Å². The predicted molar refractivity (Wildman–Crippen MR) is 86.1 cm³/mol. The summed E-state index contributed by atoms with van der Waals surface area (Å²) in [5, 5.41) is 0. The van der Waals surface area contributed by atoms with Crippen LogP contribution in [0.1, 0.15) is 37.6 Å². The first-order chi connectivity index (χ1) is 8.52. The van der Waals surface area contributed by atoms with E-state index in [1.807, 2.05) is 0 Å². The van der Waals surface area contributed by atoms with Crippen molar-refractivity contribution in [3.8, 4) is 0 Å². The van der Waals surface area contributed by atoms with E-state index in [4.69, 9.17) is 5.73 Å². The Kier molecular flexibility index (Phi) is 5.29. The Hall–Kier alpha value is 0.580. The lowest BCUT2D eigenvalue weighted by Gasteiger charge is -2.41. The van der Waals surface area contributed by atoms with E-state index in [-0.39, 0.29) is 0 Å². The molecule has 18 heavy (non-hydrogen) atoms. The molecule has 3 unspecified atom stereocenters. The molecule has 2 N–H and O–H groups in total. The zero-order valence-electron chi connectivity index (χ0n) is 10.8. The summed E-state index contributed by atoms with van der Waals surface area (Å²) in [5.41, 5.74) is 6.03. The molecule has 0 saturated carbocycles. The molecule has 1 aromatic heterocycles. The third kappa shape index (κ3) is 3.18. The summed E-state index contributed by atoms with van der Waals surface area (Å²) in [5.74, 6) is 0.844. The zero-order chi connectivity index (χ0) is 13.3. The number of nitrogens with two attached hydrogens (primary N) is 1. The lowest BCUT2D eigenvalue weighted by Crippen LogP contribution is -2.44. The minimum Gasteiger partial charge on any atom is -0.329 e. The molecule has 0 aromatic carbocycles. The van der Waals surface area contributed by atoms with Gasteiger partial charge in [-0.25, -0.2) is 0 Å². The Bertz CT molecular complexity index is 388. The molecule has 0 bridgehead atoms. The van der Waals surface area contributed by atoms with Gasteiger partial charge in [0.1, 0.15) is 0 Å². The predicted octanol–water partition coefficient (Wildman–Crippen LogP) is 4.39. The number of thiophene rings is 1. The van der Waals surface area contributed by atoms with Crippen molar-refractivity contribution in [3.05, 3.63) is 19.2 Å². The third-order valence-electron chi connectivity index (χ3n) is 3.81. The van der Waals surface area contributed by atoms with Crippen molar-refractivity contribution in [2.75, 3.05) is 13.1 Å². The van der Waals surface area contributed by atoms with Gasteiger partial charge in [0.2, 0.25) is 0 Å². The van der Waals surface area contributed by atoms with E-state index >= 15 is 0 Å². The summed E-state index contributed by atoms with van der Waals surface area (Å²) >= 11 is 8.93. The maximum Gasteiger partial charge on any atom is 0.0843 e. The van der Waals surface area contributed by atoms with Crippen LogP contribution in [0.25, 0.3) is 0 Å². The summed E-state index contributed by atoms with van der Waals surface area (Å²) in [4.78, 5) is 3.93. The summed E-state index contributed by atoms with van der Waals surface area (Å²) in [6.07, 6.45) is 2.57. The maximum absolute atomic E-state index is 6.03. The molecule has 2 heterocycles. The number of piperidine rings is 1. The molecule has 1 saturated heterocycles. The topological polar surface area (TPSA) is 29.3 Å². The van der Waals surface area contributed by atoms with Gasteiger partial charge in [0, 0.05) is 21.9 Å². The van der Waals surface area contributed by atoms with E-state index in [0.29, 0.717) is 18.6 Å². The highest BCUT2D eigenvalue weighted by atomic mass is 79.9. The van der Waals surface area contributed by atoms with E-state index in [1.54, 1.807) is 11.3 Å². The molecule has 0 radical (unpaired) electrons. The van der Waals surface area contributed by atoms with Crippen LogP contribution in [0.15, 0.2) is 14.3 Å². The monoisotopic (exact) mass is 394 g/mol. The van der Waals surface area contributed by atoms with E-state index < -0.39 is 0 Å². The molecule has 2 rings (SSSR count). The first-order valence-corrected chi connectivity index (χ1v) is 8.83. The van der Waals surface area contributed by atoms with E-state index in [2.05, 4.69) is 56.7 Å². The molecule has 0 amide bonds. The van der Waals surface area contributed by atoms with Crippen LogP contribution in [-0.2, 0) is 0 Å². The molecule has 102 valence electrons. The number of nitrogens with zero attached hydrogens (tertiary/aromatic N) is 1. The third-order valence-corrected chi connectivity index (χ3v) is 7.16. The molecule has 1 aliphatic rings. The summed E-state index contributed by atoms with van der Waals surface area (Å²) in [6, 6.07) is 3.19. The quantitative estimate of drug-likeness (QED) is 0.821. The van der Waals surface area contributed by atoms with Crippen molar-refractivity contribution in [2.45, 2.75) is 38.8 Å². The molecule has 0 aliphatic carbocycles. The Labute approximate surface area is 130 Å². The molecular formula is C13H20Br2N2S. The number of halogens is 2. The Morgan fingerprint density at radius 1 is 1.50 bits per heavy atom. The minimum absolute atomic E-state index is 0.361. The molecule has 2 nitrogen and oxygen atoms in total. The van der Waals surface area contributed by atoms with Gasteiger partial charge >= 0.3 is 0 Å². The second kappa shape index (κ2) is 6.35. The van der Waals surface area contributed by atoms with E-state index in [9.17, 15) is 0 Å². The Morgan fingerprint density at radius 3 is 2.72 bits per heavy atom. The Morgan fingerprint density at radius 2 is 2.22 bits per heavy atom. The van der Waals surface area contributed by atoms with Crippen LogP contribution in [0.5, 0.6) is 0 Å². The highest BCUT2D eigenvalue weighted by molar-refractivity contribution is 9.13. The second-order valence-electron chi connectivity index (χ2n) is 5.24. The number of hydrogen-bond donors (Lipinski definition) is 1. The van der Waals surface area contributed by atoms with Gasteiger partial charge < -0.3 is 5.73 Å². The van der Waals surface area contributed by atoms with Gasteiger partial charge in [-0.1, -0.05) is 6.92 Å². The zero-order valence-corrected chi connectivity index (χ0v) is 14.8. The van der Waals surface area contributed by atoms with E-state index in [1.165, 1.54) is 17.7 Å². The van der Waals surface area contributed by atoms with Crippen LogP contribution in [-0.4, -0.2) is 24.0 Å². The maximum atomic E-state index is 6.03. The van der Waals surface area contributed by atoms with Crippen LogP contribution in [0.3, 0.4) is 0 Å². The first kappa shape index (κ1) is 15.0. The SMILES string of the molecule is CC1CCN(C(CN)c2cc(Br)c(Br)s2)C(C)C1. The van der Waals surface area contributed by atoms with Gasteiger partial charge in [0.25, 0.3) is 0 Å².